The fraction of sp³-hybridized carbons (Fsp3) is 0.167. The van der Waals surface area contributed by atoms with E-state index in [2.05, 4.69) is 5.10 Å². The highest BCUT2D eigenvalue weighted by atomic mass is 35.5. The SMILES string of the molecule is CC1=NN(c2ccccc2)C(=O)C12CC(c1ccc(Cl)cc1)=[N+]([O-])O2. The van der Waals surface area contributed by atoms with Crippen LogP contribution >= 0.6 is 11.6 Å². The Bertz CT molecular complexity index is 909. The number of nitrogens with zero attached hydrogens (tertiary/aromatic N) is 3. The number of carbonyl (C=O) groups is 1. The second-order valence-electron chi connectivity index (χ2n) is 5.94. The maximum Gasteiger partial charge on any atom is 0.276 e. The summed E-state index contributed by atoms with van der Waals surface area (Å²) in [6.45, 7) is 1.69. The molecule has 2 aliphatic heterocycles. The lowest BCUT2D eigenvalue weighted by Crippen LogP contribution is -2.46. The Morgan fingerprint density at radius 1 is 1.20 bits per heavy atom. The standard InChI is InChI=1S/C18H14ClN3O3/c1-12-18(17(23)21(20-12)15-5-3-2-4-6-15)11-16(22(24)25-18)13-7-9-14(19)10-8-13/h2-10H,11H2,1H3. The summed E-state index contributed by atoms with van der Waals surface area (Å²) < 4.78 is 0. The third-order valence-corrected chi connectivity index (χ3v) is 4.68. The van der Waals surface area contributed by atoms with Gasteiger partial charge in [-0.3, -0.25) is 10.0 Å². The highest BCUT2D eigenvalue weighted by Gasteiger charge is 2.56. The van der Waals surface area contributed by atoms with Crippen LogP contribution in [0.5, 0.6) is 0 Å². The number of anilines is 1. The van der Waals surface area contributed by atoms with Gasteiger partial charge in [-0.15, -0.1) is 0 Å². The number of halogens is 1. The predicted molar refractivity (Wildman–Crippen MR) is 94.7 cm³/mol. The molecule has 0 bridgehead atoms. The first kappa shape index (κ1) is 15.7. The van der Waals surface area contributed by atoms with Crippen LogP contribution in [-0.2, 0) is 9.63 Å². The Labute approximate surface area is 149 Å². The molecule has 6 nitrogen and oxygen atoms in total. The van der Waals surface area contributed by atoms with E-state index < -0.39 is 5.60 Å². The molecule has 0 aromatic heterocycles. The number of carbonyl (C=O) groups excluding carboxylic acids is 1. The molecule has 0 N–H and O–H groups in total. The number of para-hydroxylation sites is 1. The summed E-state index contributed by atoms with van der Waals surface area (Å²) >= 11 is 5.90. The first-order chi connectivity index (χ1) is 12.0. The fourth-order valence-electron chi connectivity index (χ4n) is 3.03. The lowest BCUT2D eigenvalue weighted by atomic mass is 9.90. The van der Waals surface area contributed by atoms with E-state index in [1.54, 1.807) is 43.3 Å². The molecule has 1 atom stereocenters. The van der Waals surface area contributed by atoms with Crippen LogP contribution in [0.25, 0.3) is 0 Å². The molecule has 2 heterocycles. The molecule has 7 heteroatoms. The highest BCUT2D eigenvalue weighted by Crippen LogP contribution is 2.36. The van der Waals surface area contributed by atoms with Gasteiger partial charge in [-0.1, -0.05) is 29.8 Å². The van der Waals surface area contributed by atoms with Gasteiger partial charge >= 0.3 is 0 Å². The van der Waals surface area contributed by atoms with E-state index in [0.717, 1.165) is 0 Å². The van der Waals surface area contributed by atoms with Gasteiger partial charge in [0, 0.05) is 15.5 Å². The van der Waals surface area contributed by atoms with Gasteiger partial charge in [0.05, 0.1) is 17.8 Å². The van der Waals surface area contributed by atoms with E-state index in [-0.39, 0.29) is 12.3 Å². The lowest BCUT2D eigenvalue weighted by Gasteiger charge is -2.23. The second-order valence-corrected chi connectivity index (χ2v) is 6.38. The Balaban J connectivity index is 1.68. The van der Waals surface area contributed by atoms with E-state index in [1.807, 2.05) is 18.2 Å². The quantitative estimate of drug-likeness (QED) is 0.777. The van der Waals surface area contributed by atoms with Crippen molar-refractivity contribution in [3.63, 3.8) is 0 Å². The minimum atomic E-state index is -1.40. The van der Waals surface area contributed by atoms with Gasteiger partial charge < -0.3 is 4.84 Å². The molecule has 0 radical (unpaired) electrons. The van der Waals surface area contributed by atoms with Gasteiger partial charge in [-0.2, -0.15) is 10.1 Å². The van der Waals surface area contributed by atoms with Gasteiger partial charge in [-0.05, 0) is 43.3 Å². The zero-order chi connectivity index (χ0) is 17.6. The molecular weight excluding hydrogens is 342 g/mol. The summed E-state index contributed by atoms with van der Waals surface area (Å²) in [7, 11) is 0. The third-order valence-electron chi connectivity index (χ3n) is 4.43. The fourth-order valence-corrected chi connectivity index (χ4v) is 3.16. The zero-order valence-electron chi connectivity index (χ0n) is 13.3. The van der Waals surface area contributed by atoms with Gasteiger partial charge in [-0.25, -0.2) is 0 Å². The van der Waals surface area contributed by atoms with Crippen molar-refractivity contribution in [3.05, 3.63) is 70.4 Å². The molecule has 126 valence electrons. The predicted octanol–water partition coefficient (Wildman–Crippen LogP) is 3.14. The van der Waals surface area contributed by atoms with Crippen molar-refractivity contribution in [3.8, 4) is 0 Å². The summed E-state index contributed by atoms with van der Waals surface area (Å²) in [6, 6.07) is 15.9. The summed E-state index contributed by atoms with van der Waals surface area (Å²) in [5, 5.41) is 18.5. The lowest BCUT2D eigenvalue weighted by molar-refractivity contribution is -0.742. The van der Waals surface area contributed by atoms with Gasteiger partial charge in [0.2, 0.25) is 5.60 Å². The molecule has 25 heavy (non-hydrogen) atoms. The van der Waals surface area contributed by atoms with Crippen molar-refractivity contribution < 1.29 is 14.5 Å². The molecule has 2 aromatic carbocycles. The first-order valence-electron chi connectivity index (χ1n) is 7.75. The van der Waals surface area contributed by atoms with Gasteiger partial charge in [0.15, 0.2) is 0 Å². The highest BCUT2D eigenvalue weighted by molar-refractivity contribution is 6.30. The van der Waals surface area contributed by atoms with Gasteiger partial charge in [0.25, 0.3) is 11.6 Å². The number of hydrogen-bond acceptors (Lipinski definition) is 4. The summed E-state index contributed by atoms with van der Waals surface area (Å²) in [6.07, 6.45) is 0.121. The molecule has 2 aromatic rings. The van der Waals surface area contributed by atoms with Crippen LogP contribution in [0.4, 0.5) is 5.69 Å². The largest absolute Gasteiger partial charge is 0.380 e. The van der Waals surface area contributed by atoms with E-state index in [9.17, 15) is 10.0 Å². The average molecular weight is 356 g/mol. The molecule has 4 rings (SSSR count). The summed E-state index contributed by atoms with van der Waals surface area (Å²) in [5.74, 6) is -0.374. The maximum atomic E-state index is 13.0. The molecule has 2 aliphatic rings. The van der Waals surface area contributed by atoms with Crippen LogP contribution in [-0.4, -0.2) is 27.8 Å². The summed E-state index contributed by atoms with van der Waals surface area (Å²) in [5.41, 5.74) is 0.715. The normalized spacial score (nSPS) is 22.6. The van der Waals surface area contributed by atoms with Crippen molar-refractivity contribution in [2.24, 2.45) is 5.10 Å². The van der Waals surface area contributed by atoms with Crippen LogP contribution in [0, 0.1) is 5.21 Å². The molecule has 1 spiro atoms. The topological polar surface area (TPSA) is 68.0 Å². The second kappa shape index (κ2) is 5.60. The van der Waals surface area contributed by atoms with E-state index in [4.69, 9.17) is 16.4 Å². The number of benzene rings is 2. The minimum absolute atomic E-state index is 0.121. The Morgan fingerprint density at radius 3 is 2.56 bits per heavy atom. The maximum absolute atomic E-state index is 13.0. The van der Waals surface area contributed by atoms with Gasteiger partial charge in [0.1, 0.15) is 0 Å². The van der Waals surface area contributed by atoms with Crippen LogP contribution in [0.2, 0.25) is 5.02 Å². The number of rotatable bonds is 2. The molecule has 1 unspecified atom stereocenters. The number of hydrazone groups is 1. The molecule has 0 saturated carbocycles. The number of amides is 1. The van der Waals surface area contributed by atoms with E-state index in [1.165, 1.54) is 5.01 Å². The van der Waals surface area contributed by atoms with E-state index >= 15 is 0 Å². The van der Waals surface area contributed by atoms with Crippen molar-refractivity contribution in [2.45, 2.75) is 18.9 Å². The van der Waals surface area contributed by atoms with Crippen LogP contribution in [0.3, 0.4) is 0 Å². The van der Waals surface area contributed by atoms with Crippen LogP contribution in [0.1, 0.15) is 18.9 Å². The minimum Gasteiger partial charge on any atom is -0.380 e. The van der Waals surface area contributed by atoms with Crippen LogP contribution < -0.4 is 5.01 Å². The van der Waals surface area contributed by atoms with Crippen molar-refractivity contribution in [1.82, 2.24) is 0 Å². The molecule has 0 saturated heterocycles. The molecular formula is C18H14ClN3O3. The monoisotopic (exact) mass is 355 g/mol. The Morgan fingerprint density at radius 2 is 1.88 bits per heavy atom. The molecule has 0 fully saturated rings. The van der Waals surface area contributed by atoms with E-state index in [0.29, 0.717) is 32.6 Å². The van der Waals surface area contributed by atoms with Crippen molar-refractivity contribution in [1.29, 1.82) is 0 Å². The Kier molecular flexibility index (Phi) is 3.51. The van der Waals surface area contributed by atoms with Crippen molar-refractivity contribution in [2.75, 3.05) is 5.01 Å². The van der Waals surface area contributed by atoms with Crippen LogP contribution in [0.15, 0.2) is 59.7 Å². The molecule has 1 amide bonds. The molecule has 0 aliphatic carbocycles. The average Bonchev–Trinajstić information content (AvgIpc) is 3.09. The van der Waals surface area contributed by atoms with Crippen molar-refractivity contribution >= 4 is 34.6 Å². The smallest absolute Gasteiger partial charge is 0.276 e. The Hall–Kier alpha value is -2.86. The summed E-state index contributed by atoms with van der Waals surface area (Å²) in [4.78, 5) is 18.9. The number of hydrogen-bond donors (Lipinski definition) is 0. The third kappa shape index (κ3) is 2.37. The zero-order valence-corrected chi connectivity index (χ0v) is 14.1. The first-order valence-corrected chi connectivity index (χ1v) is 8.12.